The largest absolute Gasteiger partial charge is 0.467 e. The lowest BCUT2D eigenvalue weighted by atomic mass is 10.2. The van der Waals surface area contributed by atoms with Gasteiger partial charge in [-0.2, -0.15) is 0 Å². The maximum Gasteiger partial charge on any atom is 0.191 e. The molecule has 0 bridgehead atoms. The van der Waals surface area contributed by atoms with Gasteiger partial charge < -0.3 is 24.5 Å². The summed E-state index contributed by atoms with van der Waals surface area (Å²) in [7, 11) is 0. The van der Waals surface area contributed by atoms with E-state index < -0.39 is 0 Å². The molecule has 0 aliphatic carbocycles. The molecule has 0 spiro atoms. The van der Waals surface area contributed by atoms with Crippen molar-refractivity contribution in [2.24, 2.45) is 10.9 Å². The molecule has 1 saturated heterocycles. The van der Waals surface area contributed by atoms with Gasteiger partial charge in [0.2, 0.25) is 0 Å². The molecular weight excluding hydrogens is 471 g/mol. The van der Waals surface area contributed by atoms with Gasteiger partial charge in [-0.15, -0.1) is 24.0 Å². The number of guanidine groups is 1. The van der Waals surface area contributed by atoms with E-state index in [9.17, 15) is 0 Å². The molecule has 0 amide bonds. The van der Waals surface area contributed by atoms with Crippen LogP contribution in [0.1, 0.15) is 33.0 Å². The van der Waals surface area contributed by atoms with Crippen molar-refractivity contribution in [2.45, 2.75) is 39.9 Å². The molecule has 1 fully saturated rings. The van der Waals surface area contributed by atoms with Crippen LogP contribution in [0.15, 0.2) is 27.8 Å². The zero-order valence-electron chi connectivity index (χ0n) is 17.5. The first-order valence-corrected chi connectivity index (χ1v) is 10.1. The highest BCUT2D eigenvalue weighted by molar-refractivity contribution is 14.0. The number of aliphatic imine (C=N–C) groups is 1. The molecular formula is C20H37IN4O3. The normalized spacial score (nSPS) is 18.1. The summed E-state index contributed by atoms with van der Waals surface area (Å²) < 4.78 is 16.7. The highest BCUT2D eigenvalue weighted by atomic mass is 127. The van der Waals surface area contributed by atoms with E-state index in [1.54, 1.807) is 6.26 Å². The van der Waals surface area contributed by atoms with Crippen molar-refractivity contribution in [3.63, 3.8) is 0 Å². The highest BCUT2D eigenvalue weighted by Gasteiger charge is 2.20. The molecule has 8 heteroatoms. The van der Waals surface area contributed by atoms with Crippen LogP contribution in [0, 0.1) is 5.92 Å². The van der Waals surface area contributed by atoms with Crippen LogP contribution in [-0.2, 0) is 16.1 Å². The van der Waals surface area contributed by atoms with Crippen molar-refractivity contribution in [2.75, 3.05) is 52.5 Å². The van der Waals surface area contributed by atoms with Gasteiger partial charge in [-0.05, 0) is 31.4 Å². The Hall–Kier alpha value is -0.840. The molecule has 0 aromatic carbocycles. The monoisotopic (exact) mass is 508 g/mol. The fraction of sp³-hybridized carbons (Fsp3) is 0.750. The summed E-state index contributed by atoms with van der Waals surface area (Å²) in [6, 6.07) is 3.79. The first-order valence-electron chi connectivity index (χ1n) is 10.1. The van der Waals surface area contributed by atoms with Crippen LogP contribution in [0.4, 0.5) is 0 Å². The summed E-state index contributed by atoms with van der Waals surface area (Å²) in [4.78, 5) is 7.17. The SMILES string of the molecule is CCNC(=NCC1CN(CC(C)C)CCO1)NCCCOCc1ccco1.I. The highest BCUT2D eigenvalue weighted by Crippen LogP contribution is 2.08. The lowest BCUT2D eigenvalue weighted by Crippen LogP contribution is -2.46. The van der Waals surface area contributed by atoms with Gasteiger partial charge in [0.25, 0.3) is 0 Å². The predicted molar refractivity (Wildman–Crippen MR) is 123 cm³/mol. The Kier molecular flexibility index (Phi) is 13.6. The number of nitrogens with one attached hydrogen (secondary N) is 2. The van der Waals surface area contributed by atoms with E-state index in [-0.39, 0.29) is 30.1 Å². The number of furan rings is 1. The Morgan fingerprint density at radius 1 is 1.39 bits per heavy atom. The second kappa shape index (κ2) is 15.1. The van der Waals surface area contributed by atoms with E-state index in [2.05, 4.69) is 36.3 Å². The third kappa shape index (κ3) is 10.6. The maximum atomic E-state index is 5.88. The topological polar surface area (TPSA) is 71.3 Å². The summed E-state index contributed by atoms with van der Waals surface area (Å²) >= 11 is 0. The smallest absolute Gasteiger partial charge is 0.191 e. The number of halogens is 1. The maximum absolute atomic E-state index is 5.88. The molecule has 2 heterocycles. The van der Waals surface area contributed by atoms with Gasteiger partial charge >= 0.3 is 0 Å². The quantitative estimate of drug-likeness (QED) is 0.207. The van der Waals surface area contributed by atoms with Gasteiger partial charge in [0.1, 0.15) is 12.4 Å². The Balaban J connectivity index is 0.00000392. The van der Waals surface area contributed by atoms with Crippen LogP contribution in [-0.4, -0.2) is 69.4 Å². The lowest BCUT2D eigenvalue weighted by molar-refractivity contribution is -0.0261. The van der Waals surface area contributed by atoms with E-state index in [1.807, 2.05) is 12.1 Å². The zero-order chi connectivity index (χ0) is 19.3. The molecule has 1 unspecified atom stereocenters. The van der Waals surface area contributed by atoms with Gasteiger partial charge in [-0.3, -0.25) is 9.89 Å². The van der Waals surface area contributed by atoms with Crippen LogP contribution in [0.3, 0.4) is 0 Å². The van der Waals surface area contributed by atoms with Gasteiger partial charge in [-0.25, -0.2) is 0 Å². The number of rotatable bonds is 11. The number of hydrogen-bond donors (Lipinski definition) is 2. The van der Waals surface area contributed by atoms with Crippen LogP contribution < -0.4 is 10.6 Å². The molecule has 28 heavy (non-hydrogen) atoms. The summed E-state index contributed by atoms with van der Waals surface area (Å²) in [6.07, 6.45) is 2.75. The number of hydrogen-bond acceptors (Lipinski definition) is 5. The summed E-state index contributed by atoms with van der Waals surface area (Å²) in [5.41, 5.74) is 0. The summed E-state index contributed by atoms with van der Waals surface area (Å²) in [5.74, 6) is 2.38. The first kappa shape index (κ1) is 25.2. The molecule has 2 N–H and O–H groups in total. The lowest BCUT2D eigenvalue weighted by Gasteiger charge is -2.33. The number of ether oxygens (including phenoxy) is 2. The molecule has 0 saturated carbocycles. The molecule has 1 atom stereocenters. The molecule has 7 nitrogen and oxygen atoms in total. The number of nitrogens with zero attached hydrogens (tertiary/aromatic N) is 2. The standard InChI is InChI=1S/C20H36N4O3.HI/c1-4-21-20(22-8-6-10-25-16-18-7-5-11-26-18)23-13-19-15-24(9-12-27-19)14-17(2)3;/h5,7,11,17,19H,4,6,8-10,12-16H2,1-3H3,(H2,21,22,23);1H. The minimum absolute atomic E-state index is 0. The van der Waals surface area contributed by atoms with E-state index in [1.165, 1.54) is 0 Å². The summed E-state index contributed by atoms with van der Waals surface area (Å²) in [5, 5.41) is 6.66. The van der Waals surface area contributed by atoms with E-state index >= 15 is 0 Å². The summed E-state index contributed by atoms with van der Waals surface area (Å²) in [6.45, 7) is 14.0. The van der Waals surface area contributed by atoms with E-state index in [0.717, 1.165) is 57.5 Å². The van der Waals surface area contributed by atoms with Crippen molar-refractivity contribution in [3.8, 4) is 0 Å². The second-order valence-corrected chi connectivity index (χ2v) is 7.28. The fourth-order valence-corrected chi connectivity index (χ4v) is 3.06. The molecule has 1 aromatic heterocycles. The molecule has 1 aliphatic rings. The van der Waals surface area contributed by atoms with Gasteiger partial charge in [-0.1, -0.05) is 13.8 Å². The van der Waals surface area contributed by atoms with Crippen molar-refractivity contribution in [3.05, 3.63) is 24.2 Å². The van der Waals surface area contributed by atoms with Crippen molar-refractivity contribution >= 4 is 29.9 Å². The Labute approximate surface area is 186 Å². The average molecular weight is 508 g/mol. The van der Waals surface area contributed by atoms with Crippen LogP contribution in [0.25, 0.3) is 0 Å². The average Bonchev–Trinajstić information content (AvgIpc) is 3.15. The molecule has 0 radical (unpaired) electrons. The van der Waals surface area contributed by atoms with Crippen LogP contribution in [0.2, 0.25) is 0 Å². The minimum atomic E-state index is 0. The predicted octanol–water partition coefficient (Wildman–Crippen LogP) is 2.72. The molecule has 2 rings (SSSR count). The second-order valence-electron chi connectivity index (χ2n) is 7.28. The van der Waals surface area contributed by atoms with Gasteiger partial charge in [0.15, 0.2) is 5.96 Å². The van der Waals surface area contributed by atoms with Crippen LogP contribution in [0.5, 0.6) is 0 Å². The van der Waals surface area contributed by atoms with Crippen molar-refractivity contribution < 1.29 is 13.9 Å². The molecule has 162 valence electrons. The Morgan fingerprint density at radius 3 is 2.96 bits per heavy atom. The molecule has 1 aromatic rings. The van der Waals surface area contributed by atoms with Gasteiger partial charge in [0, 0.05) is 39.3 Å². The Bertz CT molecular complexity index is 526. The first-order chi connectivity index (χ1) is 13.2. The van der Waals surface area contributed by atoms with Gasteiger partial charge in [0.05, 0.1) is 25.5 Å². The van der Waals surface area contributed by atoms with E-state index in [4.69, 9.17) is 18.9 Å². The van der Waals surface area contributed by atoms with E-state index in [0.29, 0.717) is 25.7 Å². The van der Waals surface area contributed by atoms with Crippen LogP contribution >= 0.6 is 24.0 Å². The number of morpholine rings is 1. The third-order valence-corrected chi connectivity index (χ3v) is 4.23. The Morgan fingerprint density at radius 2 is 2.25 bits per heavy atom. The third-order valence-electron chi connectivity index (χ3n) is 4.23. The minimum Gasteiger partial charge on any atom is -0.467 e. The van der Waals surface area contributed by atoms with Crippen molar-refractivity contribution in [1.29, 1.82) is 0 Å². The van der Waals surface area contributed by atoms with Crippen molar-refractivity contribution in [1.82, 2.24) is 15.5 Å². The zero-order valence-corrected chi connectivity index (χ0v) is 19.8. The molecule has 1 aliphatic heterocycles. The fourth-order valence-electron chi connectivity index (χ4n) is 3.06.